The van der Waals surface area contributed by atoms with E-state index in [1.807, 2.05) is 6.92 Å². The van der Waals surface area contributed by atoms with E-state index < -0.39 is 0 Å². The fraction of sp³-hybridized carbons (Fsp3) is 0.227. The molecule has 0 radical (unpaired) electrons. The lowest BCUT2D eigenvalue weighted by atomic mass is 10.2. The first kappa shape index (κ1) is 22.1. The van der Waals surface area contributed by atoms with Crippen molar-refractivity contribution in [3.05, 3.63) is 81.9 Å². The zero-order valence-electron chi connectivity index (χ0n) is 16.5. The molecule has 0 N–H and O–H groups in total. The number of aromatic nitrogens is 2. The Labute approximate surface area is 183 Å². The van der Waals surface area contributed by atoms with Crippen LogP contribution in [0.4, 0.5) is 4.39 Å². The smallest absolute Gasteiger partial charge is 0.262 e. The van der Waals surface area contributed by atoms with E-state index in [-0.39, 0.29) is 29.6 Å². The summed E-state index contributed by atoms with van der Waals surface area (Å²) < 4.78 is 14.9. The van der Waals surface area contributed by atoms with Gasteiger partial charge in [0.15, 0.2) is 5.16 Å². The molecule has 1 heterocycles. The van der Waals surface area contributed by atoms with Gasteiger partial charge in [-0.1, -0.05) is 41.6 Å². The van der Waals surface area contributed by atoms with Gasteiger partial charge in [0, 0.05) is 24.7 Å². The minimum absolute atomic E-state index is 0.0960. The van der Waals surface area contributed by atoms with Gasteiger partial charge in [-0.3, -0.25) is 14.2 Å². The van der Waals surface area contributed by atoms with Crippen molar-refractivity contribution in [2.45, 2.75) is 25.2 Å². The van der Waals surface area contributed by atoms with Crippen LogP contribution in [0.5, 0.6) is 0 Å². The summed E-state index contributed by atoms with van der Waals surface area (Å²) in [5.41, 5.74) is 0.991. The Morgan fingerprint density at radius 1 is 1.33 bits per heavy atom. The van der Waals surface area contributed by atoms with Crippen LogP contribution in [0.15, 0.2) is 65.1 Å². The van der Waals surface area contributed by atoms with Gasteiger partial charge in [-0.2, -0.15) is 0 Å². The predicted molar refractivity (Wildman–Crippen MR) is 119 cm³/mol. The summed E-state index contributed by atoms with van der Waals surface area (Å²) in [7, 11) is 0. The van der Waals surface area contributed by atoms with Crippen LogP contribution in [0, 0.1) is 5.82 Å². The number of halogens is 2. The topological polar surface area (TPSA) is 55.2 Å². The number of thioether (sulfide) groups is 1. The number of fused-ring (bicyclic) bond motifs is 1. The second-order valence-electron chi connectivity index (χ2n) is 6.59. The maximum Gasteiger partial charge on any atom is 0.262 e. The molecule has 0 aliphatic heterocycles. The van der Waals surface area contributed by atoms with Crippen molar-refractivity contribution < 1.29 is 9.18 Å². The summed E-state index contributed by atoms with van der Waals surface area (Å²) in [6.45, 7) is 6.64. The third kappa shape index (κ3) is 5.09. The average molecular weight is 446 g/mol. The van der Waals surface area contributed by atoms with Crippen molar-refractivity contribution in [2.75, 3.05) is 12.3 Å². The molecule has 0 saturated heterocycles. The second-order valence-corrected chi connectivity index (χ2v) is 7.97. The Morgan fingerprint density at radius 3 is 2.83 bits per heavy atom. The highest BCUT2D eigenvalue weighted by Gasteiger charge is 2.16. The SMILES string of the molecule is C=CCn1c(SCC(=O)N(CC)Cc2cccc(F)c2)nc2cc(Cl)ccc2c1=O. The summed E-state index contributed by atoms with van der Waals surface area (Å²) in [6, 6.07) is 11.1. The third-order valence-corrected chi connectivity index (χ3v) is 5.71. The predicted octanol–water partition coefficient (Wildman–Crippen LogP) is 4.52. The molecule has 0 bridgehead atoms. The molecule has 0 saturated carbocycles. The molecule has 1 aromatic heterocycles. The fourth-order valence-electron chi connectivity index (χ4n) is 3.02. The van der Waals surface area contributed by atoms with Crippen LogP contribution >= 0.6 is 23.4 Å². The van der Waals surface area contributed by atoms with E-state index in [9.17, 15) is 14.0 Å². The molecule has 8 heteroatoms. The van der Waals surface area contributed by atoms with Crippen molar-refractivity contribution in [3.8, 4) is 0 Å². The van der Waals surface area contributed by atoms with Crippen LogP contribution in [-0.4, -0.2) is 32.7 Å². The van der Waals surface area contributed by atoms with E-state index in [1.54, 1.807) is 41.3 Å². The van der Waals surface area contributed by atoms with Gasteiger partial charge in [-0.15, -0.1) is 6.58 Å². The number of benzene rings is 2. The monoisotopic (exact) mass is 445 g/mol. The molecule has 156 valence electrons. The molecule has 0 aliphatic carbocycles. The molecule has 0 aliphatic rings. The van der Waals surface area contributed by atoms with Gasteiger partial charge in [0.2, 0.25) is 5.91 Å². The van der Waals surface area contributed by atoms with Gasteiger partial charge in [0.05, 0.1) is 16.7 Å². The highest BCUT2D eigenvalue weighted by Crippen LogP contribution is 2.21. The first-order valence-electron chi connectivity index (χ1n) is 9.39. The van der Waals surface area contributed by atoms with E-state index in [1.165, 1.54) is 28.5 Å². The highest BCUT2D eigenvalue weighted by atomic mass is 35.5. The maximum absolute atomic E-state index is 13.4. The maximum atomic E-state index is 13.4. The number of carbonyl (C=O) groups excluding carboxylic acids is 1. The van der Waals surface area contributed by atoms with Gasteiger partial charge in [0.1, 0.15) is 5.82 Å². The largest absolute Gasteiger partial charge is 0.338 e. The van der Waals surface area contributed by atoms with Crippen LogP contribution < -0.4 is 5.56 Å². The molecule has 2 aromatic carbocycles. The standard InChI is InChI=1S/C22H21ClFN3O2S/c1-3-10-27-21(29)18-9-8-16(23)12-19(18)25-22(27)30-14-20(28)26(4-2)13-15-6-5-7-17(24)11-15/h3,5-9,11-12H,1,4,10,13-14H2,2H3. The lowest BCUT2D eigenvalue weighted by molar-refractivity contribution is -0.128. The normalized spacial score (nSPS) is 10.9. The van der Waals surface area contributed by atoms with Crippen molar-refractivity contribution in [2.24, 2.45) is 0 Å². The Bertz CT molecular complexity index is 1150. The summed E-state index contributed by atoms with van der Waals surface area (Å²) in [4.78, 5) is 31.8. The van der Waals surface area contributed by atoms with Crippen molar-refractivity contribution in [1.82, 2.24) is 14.5 Å². The molecular formula is C22H21ClFN3O2S. The van der Waals surface area contributed by atoms with Crippen LogP contribution in [0.25, 0.3) is 10.9 Å². The molecule has 0 atom stereocenters. The van der Waals surface area contributed by atoms with E-state index >= 15 is 0 Å². The quantitative estimate of drug-likeness (QED) is 0.291. The van der Waals surface area contributed by atoms with Gasteiger partial charge >= 0.3 is 0 Å². The van der Waals surface area contributed by atoms with Gasteiger partial charge in [0.25, 0.3) is 5.56 Å². The third-order valence-electron chi connectivity index (χ3n) is 4.52. The van der Waals surface area contributed by atoms with Gasteiger partial charge < -0.3 is 4.90 Å². The van der Waals surface area contributed by atoms with Gasteiger partial charge in [-0.25, -0.2) is 9.37 Å². The Balaban J connectivity index is 1.82. The first-order chi connectivity index (χ1) is 14.4. The molecule has 30 heavy (non-hydrogen) atoms. The minimum Gasteiger partial charge on any atom is -0.338 e. The lowest BCUT2D eigenvalue weighted by Gasteiger charge is -2.21. The number of hydrogen-bond acceptors (Lipinski definition) is 4. The van der Waals surface area contributed by atoms with Crippen LogP contribution in [0.2, 0.25) is 5.02 Å². The summed E-state index contributed by atoms with van der Waals surface area (Å²) >= 11 is 7.22. The zero-order chi connectivity index (χ0) is 21.7. The molecule has 0 unspecified atom stereocenters. The molecule has 3 aromatic rings. The fourth-order valence-corrected chi connectivity index (χ4v) is 4.10. The van der Waals surface area contributed by atoms with E-state index in [0.717, 1.165) is 5.56 Å². The Kier molecular flexibility index (Phi) is 7.29. The second kappa shape index (κ2) is 9.91. The van der Waals surface area contributed by atoms with Crippen molar-refractivity contribution in [3.63, 3.8) is 0 Å². The number of nitrogens with zero attached hydrogens (tertiary/aromatic N) is 3. The Morgan fingerprint density at radius 2 is 2.13 bits per heavy atom. The van der Waals surface area contributed by atoms with Gasteiger partial charge in [-0.05, 0) is 42.8 Å². The highest BCUT2D eigenvalue weighted by molar-refractivity contribution is 7.99. The van der Waals surface area contributed by atoms with Crippen LogP contribution in [-0.2, 0) is 17.9 Å². The van der Waals surface area contributed by atoms with E-state index in [2.05, 4.69) is 11.6 Å². The zero-order valence-corrected chi connectivity index (χ0v) is 18.0. The Hall–Kier alpha value is -2.64. The summed E-state index contributed by atoms with van der Waals surface area (Å²) in [6.07, 6.45) is 1.61. The number of rotatable bonds is 8. The van der Waals surface area contributed by atoms with Crippen LogP contribution in [0.3, 0.4) is 0 Å². The summed E-state index contributed by atoms with van der Waals surface area (Å²) in [5, 5.41) is 1.36. The molecule has 1 amide bonds. The van der Waals surface area contributed by atoms with Crippen molar-refractivity contribution >= 4 is 40.2 Å². The summed E-state index contributed by atoms with van der Waals surface area (Å²) in [5.74, 6) is -0.367. The molecule has 0 spiro atoms. The van der Waals surface area contributed by atoms with Crippen LogP contribution in [0.1, 0.15) is 12.5 Å². The first-order valence-corrected chi connectivity index (χ1v) is 10.7. The number of hydrogen-bond donors (Lipinski definition) is 0. The minimum atomic E-state index is -0.335. The number of amides is 1. The molecular weight excluding hydrogens is 425 g/mol. The lowest BCUT2D eigenvalue weighted by Crippen LogP contribution is -2.32. The van der Waals surface area contributed by atoms with E-state index in [0.29, 0.717) is 34.2 Å². The number of allylic oxidation sites excluding steroid dienone is 1. The van der Waals surface area contributed by atoms with Crippen molar-refractivity contribution in [1.29, 1.82) is 0 Å². The van der Waals surface area contributed by atoms with E-state index in [4.69, 9.17) is 11.6 Å². The number of carbonyl (C=O) groups is 1. The molecule has 5 nitrogen and oxygen atoms in total. The molecule has 3 rings (SSSR count). The average Bonchev–Trinajstić information content (AvgIpc) is 2.72. The molecule has 0 fully saturated rings.